The van der Waals surface area contributed by atoms with E-state index in [1.807, 2.05) is 30.3 Å². The molecule has 2 aromatic carbocycles. The van der Waals surface area contributed by atoms with E-state index in [4.69, 9.17) is 4.74 Å². The van der Waals surface area contributed by atoms with Crippen LogP contribution in [-0.4, -0.2) is 41.3 Å². The topological polar surface area (TPSA) is 62.1 Å². The summed E-state index contributed by atoms with van der Waals surface area (Å²) in [5, 5.41) is 10.6. The number of methoxy groups -OCH3 is 1. The first-order valence-electron chi connectivity index (χ1n) is 7.91. The number of hydrogen-bond donors (Lipinski definition) is 1. The van der Waals surface area contributed by atoms with Crippen LogP contribution < -0.4 is 0 Å². The van der Waals surface area contributed by atoms with Gasteiger partial charge in [-0.25, -0.2) is 4.99 Å². The molecule has 134 valence electrons. The smallest absolute Gasteiger partial charge is 0.266 e. The Kier molecular flexibility index (Phi) is 6.13. The minimum Gasteiger partial charge on any atom is -0.507 e. The maximum absolute atomic E-state index is 12.8. The monoisotopic (exact) mass is 432 g/mol. The summed E-state index contributed by atoms with van der Waals surface area (Å²) in [6.07, 6.45) is 1.68. The number of benzene rings is 2. The number of amidine groups is 1. The van der Waals surface area contributed by atoms with E-state index in [-0.39, 0.29) is 11.7 Å². The highest BCUT2D eigenvalue weighted by molar-refractivity contribution is 9.10. The number of halogens is 1. The van der Waals surface area contributed by atoms with Crippen LogP contribution in [0.5, 0.6) is 5.75 Å². The number of phenolic OH excluding ortho intramolecular Hbond substituents is 1. The van der Waals surface area contributed by atoms with Crippen molar-refractivity contribution in [1.82, 2.24) is 4.90 Å². The van der Waals surface area contributed by atoms with Crippen molar-refractivity contribution >= 4 is 50.5 Å². The van der Waals surface area contributed by atoms with Crippen LogP contribution in [0, 0.1) is 0 Å². The first kappa shape index (κ1) is 18.7. The molecule has 7 heteroatoms. The minimum absolute atomic E-state index is 0.117. The zero-order chi connectivity index (χ0) is 18.5. The Bertz CT molecular complexity index is 868. The molecule has 0 atom stereocenters. The van der Waals surface area contributed by atoms with E-state index in [0.29, 0.717) is 28.8 Å². The number of aromatic hydroxyl groups is 1. The Morgan fingerprint density at radius 3 is 2.77 bits per heavy atom. The molecule has 0 bridgehead atoms. The van der Waals surface area contributed by atoms with Crippen LogP contribution >= 0.6 is 27.7 Å². The van der Waals surface area contributed by atoms with E-state index in [9.17, 15) is 9.90 Å². The minimum atomic E-state index is -0.152. The van der Waals surface area contributed by atoms with Crippen LogP contribution in [0.15, 0.2) is 62.9 Å². The molecule has 1 N–H and O–H groups in total. The predicted molar refractivity (Wildman–Crippen MR) is 109 cm³/mol. The molecule has 1 saturated heterocycles. The molecule has 1 heterocycles. The van der Waals surface area contributed by atoms with Crippen molar-refractivity contribution in [3.05, 3.63) is 63.5 Å². The number of rotatable bonds is 5. The SMILES string of the molecule is COCCN1C(=O)/C(=C/c2cc(Br)ccc2O)SC1=Nc1ccccc1. The van der Waals surface area contributed by atoms with Gasteiger partial charge in [-0.2, -0.15) is 0 Å². The average molecular weight is 433 g/mol. The van der Waals surface area contributed by atoms with Crippen LogP contribution in [-0.2, 0) is 9.53 Å². The summed E-state index contributed by atoms with van der Waals surface area (Å²) in [4.78, 5) is 19.5. The maximum Gasteiger partial charge on any atom is 0.266 e. The number of ether oxygens (including phenoxy) is 1. The highest BCUT2D eigenvalue weighted by Gasteiger charge is 2.33. The Morgan fingerprint density at radius 2 is 2.04 bits per heavy atom. The highest BCUT2D eigenvalue weighted by Crippen LogP contribution is 2.35. The highest BCUT2D eigenvalue weighted by atomic mass is 79.9. The number of carbonyl (C=O) groups is 1. The van der Waals surface area contributed by atoms with Crippen molar-refractivity contribution < 1.29 is 14.6 Å². The van der Waals surface area contributed by atoms with Gasteiger partial charge in [0.15, 0.2) is 5.17 Å². The zero-order valence-corrected chi connectivity index (χ0v) is 16.5. The molecular weight excluding hydrogens is 416 g/mol. The third-order valence-corrected chi connectivity index (χ3v) is 5.16. The summed E-state index contributed by atoms with van der Waals surface area (Å²) in [6.45, 7) is 0.825. The van der Waals surface area contributed by atoms with Crippen molar-refractivity contribution in [1.29, 1.82) is 0 Å². The maximum atomic E-state index is 12.8. The summed E-state index contributed by atoms with van der Waals surface area (Å²) < 4.78 is 5.94. The second-order valence-electron chi connectivity index (χ2n) is 5.49. The summed E-state index contributed by atoms with van der Waals surface area (Å²) in [5.74, 6) is -0.0351. The molecular formula is C19H17BrN2O3S. The number of nitrogens with zero attached hydrogens (tertiary/aromatic N) is 2. The van der Waals surface area contributed by atoms with Crippen LogP contribution in [0.4, 0.5) is 5.69 Å². The molecule has 0 aromatic heterocycles. The molecule has 0 radical (unpaired) electrons. The van der Waals surface area contributed by atoms with Crippen molar-refractivity contribution in [2.45, 2.75) is 0 Å². The van der Waals surface area contributed by atoms with Gasteiger partial charge in [-0.3, -0.25) is 9.69 Å². The lowest BCUT2D eigenvalue weighted by atomic mass is 10.2. The number of carbonyl (C=O) groups excluding carboxylic acids is 1. The molecule has 2 aromatic rings. The fourth-order valence-corrected chi connectivity index (χ4v) is 3.76. The lowest BCUT2D eigenvalue weighted by molar-refractivity contribution is -0.122. The largest absolute Gasteiger partial charge is 0.507 e. The van der Waals surface area contributed by atoms with Gasteiger partial charge in [0.1, 0.15) is 5.75 Å². The quantitative estimate of drug-likeness (QED) is 0.710. The van der Waals surface area contributed by atoms with Gasteiger partial charge in [0.25, 0.3) is 5.91 Å². The number of amides is 1. The zero-order valence-electron chi connectivity index (χ0n) is 14.1. The number of para-hydroxylation sites is 1. The van der Waals surface area contributed by atoms with Crippen LogP contribution in [0.2, 0.25) is 0 Å². The van der Waals surface area contributed by atoms with Crippen LogP contribution in [0.25, 0.3) is 6.08 Å². The number of thioether (sulfide) groups is 1. The van der Waals surface area contributed by atoms with Gasteiger partial charge in [-0.05, 0) is 48.2 Å². The standard InChI is InChI=1S/C19H17BrN2O3S/c1-25-10-9-22-18(24)17(12-13-11-14(20)7-8-16(13)23)26-19(22)21-15-5-3-2-4-6-15/h2-8,11-12,23H,9-10H2,1H3/b17-12-,21-19?. The van der Waals surface area contributed by atoms with Crippen molar-refractivity contribution in [3.63, 3.8) is 0 Å². The molecule has 5 nitrogen and oxygen atoms in total. The van der Waals surface area contributed by atoms with Gasteiger partial charge in [0.05, 0.1) is 23.7 Å². The number of phenols is 1. The van der Waals surface area contributed by atoms with Gasteiger partial charge in [0.2, 0.25) is 0 Å². The van der Waals surface area contributed by atoms with Crippen molar-refractivity contribution in [3.8, 4) is 5.75 Å². The molecule has 1 aliphatic heterocycles. The summed E-state index contributed by atoms with van der Waals surface area (Å²) >= 11 is 4.67. The normalized spacial score (nSPS) is 17.5. The molecule has 3 rings (SSSR count). The number of aliphatic imine (C=N–C) groups is 1. The van der Waals surface area contributed by atoms with Crippen molar-refractivity contribution in [2.75, 3.05) is 20.3 Å². The van der Waals surface area contributed by atoms with E-state index in [0.717, 1.165) is 10.2 Å². The molecule has 26 heavy (non-hydrogen) atoms. The van der Waals surface area contributed by atoms with Gasteiger partial charge in [0, 0.05) is 17.1 Å². The average Bonchev–Trinajstić information content (AvgIpc) is 2.92. The second-order valence-corrected chi connectivity index (χ2v) is 7.42. The van der Waals surface area contributed by atoms with E-state index in [2.05, 4.69) is 20.9 Å². The molecule has 1 fully saturated rings. The van der Waals surface area contributed by atoms with Gasteiger partial charge in [-0.1, -0.05) is 34.1 Å². The van der Waals surface area contributed by atoms with Gasteiger partial charge in [-0.15, -0.1) is 0 Å². The lowest BCUT2D eigenvalue weighted by Crippen LogP contribution is -2.32. The van der Waals surface area contributed by atoms with Gasteiger partial charge < -0.3 is 9.84 Å². The Balaban J connectivity index is 1.96. The molecule has 1 amide bonds. The van der Waals surface area contributed by atoms with Crippen LogP contribution in [0.3, 0.4) is 0 Å². The van der Waals surface area contributed by atoms with E-state index in [1.165, 1.54) is 11.8 Å². The van der Waals surface area contributed by atoms with E-state index >= 15 is 0 Å². The fourth-order valence-electron chi connectivity index (χ4n) is 2.37. The Morgan fingerprint density at radius 1 is 1.27 bits per heavy atom. The Hall–Kier alpha value is -2.09. The second kappa shape index (κ2) is 8.53. The third kappa shape index (κ3) is 4.35. The third-order valence-electron chi connectivity index (χ3n) is 3.66. The predicted octanol–water partition coefficient (Wildman–Crippen LogP) is 4.41. The first-order valence-corrected chi connectivity index (χ1v) is 9.52. The molecule has 0 saturated carbocycles. The lowest BCUT2D eigenvalue weighted by Gasteiger charge is -2.14. The fraction of sp³-hybridized carbons (Fsp3) is 0.158. The first-order chi connectivity index (χ1) is 12.6. The molecule has 0 aliphatic carbocycles. The van der Waals surface area contributed by atoms with Crippen LogP contribution in [0.1, 0.15) is 5.56 Å². The molecule has 0 spiro atoms. The molecule has 0 unspecified atom stereocenters. The van der Waals surface area contributed by atoms with Crippen molar-refractivity contribution in [2.24, 2.45) is 4.99 Å². The summed E-state index contributed by atoms with van der Waals surface area (Å²) in [7, 11) is 1.60. The van der Waals surface area contributed by atoms with E-state index in [1.54, 1.807) is 36.3 Å². The number of hydrogen-bond acceptors (Lipinski definition) is 5. The Labute approximate surface area is 164 Å². The van der Waals surface area contributed by atoms with E-state index < -0.39 is 0 Å². The summed E-state index contributed by atoms with van der Waals surface area (Å²) in [6, 6.07) is 14.6. The summed E-state index contributed by atoms with van der Waals surface area (Å²) in [5.41, 5.74) is 1.35. The molecule has 1 aliphatic rings. The van der Waals surface area contributed by atoms with Gasteiger partial charge >= 0.3 is 0 Å².